The number of carbonyl (C=O) groups excluding carboxylic acids is 1. The van der Waals surface area contributed by atoms with E-state index in [1.54, 1.807) is 52.0 Å². The molecule has 0 aliphatic rings. The molecule has 23 heavy (non-hydrogen) atoms. The van der Waals surface area contributed by atoms with Crippen molar-refractivity contribution in [2.75, 3.05) is 24.2 Å². The van der Waals surface area contributed by atoms with Gasteiger partial charge in [0.25, 0.3) is 0 Å². The summed E-state index contributed by atoms with van der Waals surface area (Å²) >= 11 is 0. The van der Waals surface area contributed by atoms with Gasteiger partial charge in [0.15, 0.2) is 0 Å². The van der Waals surface area contributed by atoms with Crippen molar-refractivity contribution >= 4 is 21.8 Å². The minimum atomic E-state index is -3.22. The highest BCUT2D eigenvalue weighted by molar-refractivity contribution is 7.89. The minimum absolute atomic E-state index is 0.0301. The first-order valence-corrected chi connectivity index (χ1v) is 8.97. The number of rotatable bonds is 7. The predicted molar refractivity (Wildman–Crippen MR) is 89.3 cm³/mol. The molecule has 0 saturated carbocycles. The van der Waals surface area contributed by atoms with Gasteiger partial charge in [-0.2, -0.15) is 0 Å². The van der Waals surface area contributed by atoms with E-state index < -0.39 is 21.7 Å². The molecule has 0 fully saturated rings. The minimum Gasteiger partial charge on any atom is -0.492 e. The molecule has 0 heterocycles. The molecule has 0 atom stereocenters. The summed E-state index contributed by atoms with van der Waals surface area (Å²) in [6.07, 6.45) is -0.551. The maximum Gasteiger partial charge on any atom is 0.412 e. The van der Waals surface area contributed by atoms with Crippen LogP contribution in [0, 0.1) is 0 Å². The molecule has 1 rings (SSSR count). The molecule has 0 aliphatic carbocycles. The van der Waals surface area contributed by atoms with Crippen LogP contribution in [-0.4, -0.2) is 39.0 Å². The maximum atomic E-state index is 11.7. The summed E-state index contributed by atoms with van der Waals surface area (Å²) in [5.74, 6) is 0.553. The summed E-state index contributed by atoms with van der Waals surface area (Å²) in [7, 11) is -3.22. The highest BCUT2D eigenvalue weighted by Crippen LogP contribution is 2.18. The molecule has 7 nitrogen and oxygen atoms in total. The average molecular weight is 344 g/mol. The zero-order valence-electron chi connectivity index (χ0n) is 13.9. The monoisotopic (exact) mass is 344 g/mol. The lowest BCUT2D eigenvalue weighted by Crippen LogP contribution is -2.29. The molecule has 0 spiro atoms. The Kier molecular flexibility index (Phi) is 6.83. The van der Waals surface area contributed by atoms with E-state index >= 15 is 0 Å². The third-order valence-corrected chi connectivity index (χ3v) is 3.96. The smallest absolute Gasteiger partial charge is 0.412 e. The molecule has 0 radical (unpaired) electrons. The van der Waals surface area contributed by atoms with Crippen molar-refractivity contribution in [3.63, 3.8) is 0 Å². The van der Waals surface area contributed by atoms with Crippen LogP contribution in [0.2, 0.25) is 0 Å². The second kappa shape index (κ2) is 8.16. The normalized spacial score (nSPS) is 11.8. The lowest BCUT2D eigenvalue weighted by molar-refractivity contribution is 0.0636. The average Bonchev–Trinajstić information content (AvgIpc) is 2.42. The number of amides is 1. The quantitative estimate of drug-likeness (QED) is 0.741. The van der Waals surface area contributed by atoms with Gasteiger partial charge in [0.2, 0.25) is 10.0 Å². The van der Waals surface area contributed by atoms with Crippen molar-refractivity contribution in [3.05, 3.63) is 24.3 Å². The van der Waals surface area contributed by atoms with Crippen molar-refractivity contribution in [1.29, 1.82) is 0 Å². The highest BCUT2D eigenvalue weighted by Gasteiger charge is 2.16. The molecule has 0 saturated heterocycles. The fourth-order valence-corrected chi connectivity index (χ4v) is 2.15. The Morgan fingerprint density at radius 3 is 2.57 bits per heavy atom. The maximum absolute atomic E-state index is 11.7. The van der Waals surface area contributed by atoms with Crippen molar-refractivity contribution in [2.24, 2.45) is 0 Å². The Morgan fingerprint density at radius 2 is 1.96 bits per heavy atom. The first-order chi connectivity index (χ1) is 10.6. The molecular formula is C15H24N2O5S. The number of benzene rings is 1. The molecule has 1 aromatic rings. The zero-order valence-corrected chi connectivity index (χ0v) is 14.7. The van der Waals surface area contributed by atoms with Crippen molar-refractivity contribution in [3.8, 4) is 5.75 Å². The molecule has 2 N–H and O–H groups in total. The fourth-order valence-electron chi connectivity index (χ4n) is 1.55. The van der Waals surface area contributed by atoms with Crippen LogP contribution in [0.1, 0.15) is 27.7 Å². The summed E-state index contributed by atoms with van der Waals surface area (Å²) in [5.41, 5.74) is -0.0415. The summed E-state index contributed by atoms with van der Waals surface area (Å²) in [5, 5.41) is 2.61. The molecular weight excluding hydrogens is 320 g/mol. The van der Waals surface area contributed by atoms with Gasteiger partial charge >= 0.3 is 6.09 Å². The highest BCUT2D eigenvalue weighted by atomic mass is 32.2. The first kappa shape index (κ1) is 19.2. The van der Waals surface area contributed by atoms with Crippen LogP contribution in [0.3, 0.4) is 0 Å². The van der Waals surface area contributed by atoms with Crippen LogP contribution in [0.4, 0.5) is 10.5 Å². The van der Waals surface area contributed by atoms with Crippen LogP contribution in [-0.2, 0) is 14.8 Å². The number of carbonyl (C=O) groups is 1. The van der Waals surface area contributed by atoms with E-state index in [9.17, 15) is 13.2 Å². The van der Waals surface area contributed by atoms with Gasteiger partial charge in [0, 0.05) is 18.3 Å². The number of anilines is 1. The number of hydrogen-bond acceptors (Lipinski definition) is 5. The second-order valence-electron chi connectivity index (χ2n) is 5.80. The second-order valence-corrected chi connectivity index (χ2v) is 7.90. The van der Waals surface area contributed by atoms with Gasteiger partial charge in [-0.1, -0.05) is 6.07 Å². The summed E-state index contributed by atoms with van der Waals surface area (Å²) in [6, 6.07) is 6.78. The predicted octanol–water partition coefficient (Wildman–Crippen LogP) is 2.35. The molecule has 130 valence electrons. The summed E-state index contributed by atoms with van der Waals surface area (Å²) in [4.78, 5) is 11.7. The Hall–Kier alpha value is -1.80. The number of hydrogen-bond donors (Lipinski definition) is 2. The van der Waals surface area contributed by atoms with Crippen molar-refractivity contribution in [2.45, 2.75) is 33.3 Å². The zero-order chi connectivity index (χ0) is 17.5. The Morgan fingerprint density at radius 1 is 1.26 bits per heavy atom. The largest absolute Gasteiger partial charge is 0.492 e. The van der Waals surface area contributed by atoms with Gasteiger partial charge in [-0.15, -0.1) is 0 Å². The van der Waals surface area contributed by atoms with Gasteiger partial charge in [-0.05, 0) is 39.8 Å². The molecule has 8 heteroatoms. The van der Waals surface area contributed by atoms with E-state index in [2.05, 4.69) is 10.0 Å². The van der Waals surface area contributed by atoms with Gasteiger partial charge in [0.1, 0.15) is 18.0 Å². The van der Waals surface area contributed by atoms with E-state index in [1.165, 1.54) is 0 Å². The van der Waals surface area contributed by atoms with Crippen LogP contribution in [0.15, 0.2) is 24.3 Å². The van der Waals surface area contributed by atoms with Crippen LogP contribution < -0.4 is 14.8 Å². The van der Waals surface area contributed by atoms with Crippen LogP contribution >= 0.6 is 0 Å². The third-order valence-electron chi connectivity index (χ3n) is 2.55. The van der Waals surface area contributed by atoms with Gasteiger partial charge in [-0.25, -0.2) is 17.9 Å². The van der Waals surface area contributed by atoms with E-state index in [1.807, 2.05) is 0 Å². The fraction of sp³-hybridized carbons (Fsp3) is 0.533. The van der Waals surface area contributed by atoms with E-state index in [-0.39, 0.29) is 18.9 Å². The Balaban J connectivity index is 2.49. The van der Waals surface area contributed by atoms with Gasteiger partial charge < -0.3 is 9.47 Å². The molecule has 0 aliphatic heterocycles. The molecule has 0 aromatic heterocycles. The third kappa shape index (κ3) is 8.41. The molecule has 0 unspecified atom stereocenters. The van der Waals surface area contributed by atoms with E-state index in [4.69, 9.17) is 9.47 Å². The first-order valence-electron chi connectivity index (χ1n) is 7.31. The Bertz CT molecular complexity index is 623. The lowest BCUT2D eigenvalue weighted by Gasteiger charge is -2.19. The van der Waals surface area contributed by atoms with Crippen LogP contribution in [0.25, 0.3) is 0 Å². The SMILES string of the molecule is CCS(=O)(=O)NCCOc1cccc(NC(=O)OC(C)(C)C)c1. The topological polar surface area (TPSA) is 93.7 Å². The number of ether oxygens (including phenoxy) is 2. The van der Waals surface area contributed by atoms with E-state index in [0.29, 0.717) is 11.4 Å². The molecule has 1 aromatic carbocycles. The van der Waals surface area contributed by atoms with Gasteiger partial charge in [0.05, 0.1) is 5.75 Å². The summed E-state index contributed by atoms with van der Waals surface area (Å²) < 4.78 is 35.6. The standard InChI is InChI=1S/C15H24N2O5S/c1-5-23(19,20)16-9-10-21-13-8-6-7-12(11-13)17-14(18)22-15(2,3)4/h6-8,11,16H,5,9-10H2,1-4H3,(H,17,18). The van der Waals surface area contributed by atoms with Crippen molar-refractivity contribution < 1.29 is 22.7 Å². The lowest BCUT2D eigenvalue weighted by atomic mass is 10.2. The van der Waals surface area contributed by atoms with Crippen LogP contribution in [0.5, 0.6) is 5.75 Å². The van der Waals surface area contributed by atoms with Gasteiger partial charge in [-0.3, -0.25) is 5.32 Å². The van der Waals surface area contributed by atoms with Crippen molar-refractivity contribution in [1.82, 2.24) is 4.72 Å². The van der Waals surface area contributed by atoms with E-state index in [0.717, 1.165) is 0 Å². The summed E-state index contributed by atoms with van der Waals surface area (Å²) in [6.45, 7) is 7.28. The number of nitrogens with one attached hydrogen (secondary N) is 2. The molecule has 1 amide bonds. The Labute approximate surface area is 137 Å². The molecule has 0 bridgehead atoms. The number of sulfonamides is 1.